The second-order valence-corrected chi connectivity index (χ2v) is 4.75. The molecule has 1 amide bonds. The van der Waals surface area contributed by atoms with Crippen molar-refractivity contribution in [1.29, 1.82) is 0 Å². The van der Waals surface area contributed by atoms with Gasteiger partial charge in [0.15, 0.2) is 11.6 Å². The minimum absolute atomic E-state index is 0.118. The van der Waals surface area contributed by atoms with Gasteiger partial charge in [0.2, 0.25) is 0 Å². The minimum atomic E-state index is -0.552. The summed E-state index contributed by atoms with van der Waals surface area (Å²) < 4.78 is 18.5. The maximum absolute atomic E-state index is 13.6. The van der Waals surface area contributed by atoms with Gasteiger partial charge >= 0.3 is 0 Å². The molecule has 21 heavy (non-hydrogen) atoms. The molecule has 2 aromatic rings. The van der Waals surface area contributed by atoms with Crippen LogP contribution in [0.25, 0.3) is 0 Å². The Morgan fingerprint density at radius 3 is 2.48 bits per heavy atom. The topological polar surface area (TPSA) is 55.6 Å². The Morgan fingerprint density at radius 2 is 1.90 bits per heavy atom. The van der Waals surface area contributed by atoms with Gasteiger partial charge in [-0.15, -0.1) is 0 Å². The average molecular weight is 288 g/mol. The lowest BCUT2D eigenvalue weighted by molar-refractivity contribution is 0.0784. The Labute approximate surface area is 122 Å². The van der Waals surface area contributed by atoms with E-state index in [1.807, 2.05) is 12.1 Å². The van der Waals surface area contributed by atoms with Gasteiger partial charge in [0.05, 0.1) is 7.11 Å². The molecule has 110 valence electrons. The maximum atomic E-state index is 13.6. The van der Waals surface area contributed by atoms with Crippen LogP contribution in [0.2, 0.25) is 0 Å². The van der Waals surface area contributed by atoms with E-state index in [0.29, 0.717) is 12.2 Å². The molecule has 0 aliphatic rings. The van der Waals surface area contributed by atoms with Crippen molar-refractivity contribution in [2.45, 2.75) is 6.54 Å². The molecule has 2 N–H and O–H groups in total. The first-order chi connectivity index (χ1) is 10.0. The summed E-state index contributed by atoms with van der Waals surface area (Å²) in [4.78, 5) is 13.8. The van der Waals surface area contributed by atoms with Crippen LogP contribution >= 0.6 is 0 Å². The highest BCUT2D eigenvalue weighted by molar-refractivity contribution is 5.94. The van der Waals surface area contributed by atoms with Crippen LogP contribution in [0.15, 0.2) is 42.5 Å². The number of hydrogen-bond donors (Lipinski definition) is 1. The number of carbonyl (C=O) groups excluding carboxylic acids is 1. The summed E-state index contributed by atoms with van der Waals surface area (Å²) in [7, 11) is 3.05. The lowest BCUT2D eigenvalue weighted by Crippen LogP contribution is -2.26. The standard InChI is InChI=1S/C16H17FN2O2/c1-19(10-11-3-6-13(18)7-4-11)16(20)12-5-8-15(21-2)14(17)9-12/h3-9H,10,18H2,1-2H3. The van der Waals surface area contributed by atoms with E-state index in [-0.39, 0.29) is 17.2 Å². The lowest BCUT2D eigenvalue weighted by atomic mass is 10.1. The minimum Gasteiger partial charge on any atom is -0.494 e. The summed E-state index contributed by atoms with van der Waals surface area (Å²) >= 11 is 0. The molecule has 2 rings (SSSR count). The molecule has 0 radical (unpaired) electrons. The molecule has 5 heteroatoms. The molecule has 0 atom stereocenters. The van der Waals surface area contributed by atoms with Gasteiger partial charge in [-0.25, -0.2) is 4.39 Å². The van der Waals surface area contributed by atoms with E-state index < -0.39 is 5.82 Å². The Morgan fingerprint density at radius 1 is 1.24 bits per heavy atom. The molecule has 0 bridgehead atoms. The molecule has 0 unspecified atom stereocenters. The monoisotopic (exact) mass is 288 g/mol. The number of methoxy groups -OCH3 is 1. The summed E-state index contributed by atoms with van der Waals surface area (Å²) in [6.07, 6.45) is 0. The van der Waals surface area contributed by atoms with Crippen molar-refractivity contribution in [3.05, 3.63) is 59.4 Å². The number of nitrogens with two attached hydrogens (primary N) is 1. The van der Waals surface area contributed by atoms with Crippen LogP contribution < -0.4 is 10.5 Å². The van der Waals surface area contributed by atoms with Crippen molar-refractivity contribution in [1.82, 2.24) is 4.90 Å². The molecule has 0 spiro atoms. The van der Waals surface area contributed by atoms with Crippen molar-refractivity contribution in [2.75, 3.05) is 19.9 Å². The predicted molar refractivity (Wildman–Crippen MR) is 79.6 cm³/mol. The van der Waals surface area contributed by atoms with Crippen molar-refractivity contribution >= 4 is 11.6 Å². The number of ether oxygens (including phenoxy) is 1. The second kappa shape index (κ2) is 6.26. The third-order valence-corrected chi connectivity index (χ3v) is 3.14. The fourth-order valence-corrected chi connectivity index (χ4v) is 1.99. The Hall–Kier alpha value is -2.56. The molecule has 0 aromatic heterocycles. The van der Waals surface area contributed by atoms with Gasteiger partial charge in [0, 0.05) is 24.8 Å². The highest BCUT2D eigenvalue weighted by Crippen LogP contribution is 2.19. The number of halogens is 1. The third kappa shape index (κ3) is 3.51. The summed E-state index contributed by atoms with van der Waals surface area (Å²) in [5, 5.41) is 0. The Bertz CT molecular complexity index is 641. The number of hydrogen-bond acceptors (Lipinski definition) is 3. The predicted octanol–water partition coefficient (Wildman–Crippen LogP) is 2.69. The normalized spacial score (nSPS) is 10.2. The molecular formula is C16H17FN2O2. The number of anilines is 1. The number of benzene rings is 2. The zero-order chi connectivity index (χ0) is 15.4. The molecule has 4 nitrogen and oxygen atoms in total. The van der Waals surface area contributed by atoms with E-state index in [9.17, 15) is 9.18 Å². The van der Waals surface area contributed by atoms with Gasteiger partial charge in [0.25, 0.3) is 5.91 Å². The smallest absolute Gasteiger partial charge is 0.254 e. The number of amides is 1. The maximum Gasteiger partial charge on any atom is 0.254 e. The van der Waals surface area contributed by atoms with Crippen molar-refractivity contribution in [2.24, 2.45) is 0 Å². The fraction of sp³-hybridized carbons (Fsp3) is 0.188. The number of carbonyl (C=O) groups is 1. The Kier molecular flexibility index (Phi) is 4.42. The average Bonchev–Trinajstić information content (AvgIpc) is 2.48. The highest BCUT2D eigenvalue weighted by atomic mass is 19.1. The van der Waals surface area contributed by atoms with Gasteiger partial charge in [-0.2, -0.15) is 0 Å². The van der Waals surface area contributed by atoms with Crippen LogP contribution in [0, 0.1) is 5.82 Å². The first-order valence-corrected chi connectivity index (χ1v) is 6.44. The summed E-state index contributed by atoms with van der Waals surface area (Å²) in [6, 6.07) is 11.4. The summed E-state index contributed by atoms with van der Waals surface area (Å²) in [5.74, 6) is -0.689. The molecule has 0 saturated heterocycles. The zero-order valence-electron chi connectivity index (χ0n) is 12.0. The number of nitrogen functional groups attached to an aromatic ring is 1. The van der Waals surface area contributed by atoms with Crippen LogP contribution in [0.5, 0.6) is 5.75 Å². The van der Waals surface area contributed by atoms with Crippen LogP contribution in [0.1, 0.15) is 15.9 Å². The summed E-state index contributed by atoms with van der Waals surface area (Å²) in [5.41, 5.74) is 7.53. The second-order valence-electron chi connectivity index (χ2n) is 4.75. The van der Waals surface area contributed by atoms with E-state index in [1.165, 1.54) is 24.1 Å². The first kappa shape index (κ1) is 14.8. The van der Waals surface area contributed by atoms with Crippen LogP contribution in [0.3, 0.4) is 0 Å². The quantitative estimate of drug-likeness (QED) is 0.880. The van der Waals surface area contributed by atoms with Gasteiger partial charge in [-0.05, 0) is 35.9 Å². The van der Waals surface area contributed by atoms with E-state index in [1.54, 1.807) is 25.2 Å². The lowest BCUT2D eigenvalue weighted by Gasteiger charge is -2.17. The molecule has 0 aliphatic carbocycles. The third-order valence-electron chi connectivity index (χ3n) is 3.14. The number of nitrogens with zero attached hydrogens (tertiary/aromatic N) is 1. The molecule has 2 aromatic carbocycles. The molecule has 0 aliphatic heterocycles. The van der Waals surface area contributed by atoms with E-state index >= 15 is 0 Å². The van der Waals surface area contributed by atoms with Crippen LogP contribution in [-0.4, -0.2) is 25.0 Å². The fourth-order valence-electron chi connectivity index (χ4n) is 1.99. The van der Waals surface area contributed by atoms with Gasteiger partial charge in [0.1, 0.15) is 0 Å². The van der Waals surface area contributed by atoms with Crippen molar-refractivity contribution < 1.29 is 13.9 Å². The first-order valence-electron chi connectivity index (χ1n) is 6.44. The van der Waals surface area contributed by atoms with Gasteiger partial charge in [-0.1, -0.05) is 12.1 Å². The number of rotatable bonds is 4. The van der Waals surface area contributed by atoms with Crippen molar-refractivity contribution in [3.8, 4) is 5.75 Å². The Balaban J connectivity index is 2.11. The van der Waals surface area contributed by atoms with Crippen LogP contribution in [-0.2, 0) is 6.54 Å². The molecule has 0 heterocycles. The highest BCUT2D eigenvalue weighted by Gasteiger charge is 2.14. The SMILES string of the molecule is COc1ccc(C(=O)N(C)Cc2ccc(N)cc2)cc1F. The van der Waals surface area contributed by atoms with Crippen LogP contribution in [0.4, 0.5) is 10.1 Å². The molecule has 0 fully saturated rings. The van der Waals surface area contributed by atoms with Gasteiger partial charge < -0.3 is 15.4 Å². The summed E-state index contributed by atoms with van der Waals surface area (Å²) in [6.45, 7) is 0.423. The largest absolute Gasteiger partial charge is 0.494 e. The molecule has 0 saturated carbocycles. The van der Waals surface area contributed by atoms with E-state index in [4.69, 9.17) is 10.5 Å². The van der Waals surface area contributed by atoms with E-state index in [0.717, 1.165) is 5.56 Å². The van der Waals surface area contributed by atoms with E-state index in [2.05, 4.69) is 0 Å². The molecular weight excluding hydrogens is 271 g/mol. The van der Waals surface area contributed by atoms with Crippen molar-refractivity contribution in [3.63, 3.8) is 0 Å². The zero-order valence-corrected chi connectivity index (χ0v) is 12.0. The van der Waals surface area contributed by atoms with Gasteiger partial charge in [-0.3, -0.25) is 4.79 Å².